The maximum atomic E-state index is 12.1. The molecule has 2 aliphatic rings. The number of nitrogens with zero attached hydrogens (tertiary/aromatic N) is 2. The molecule has 1 heterocycles. The van der Waals surface area contributed by atoms with Crippen LogP contribution in [-0.2, 0) is 6.42 Å². The molecule has 1 aromatic rings. The van der Waals surface area contributed by atoms with Crippen molar-refractivity contribution in [1.29, 1.82) is 0 Å². The maximum absolute atomic E-state index is 12.1. The Labute approximate surface area is 124 Å². The number of fused-ring (bicyclic) bond motifs is 2. The van der Waals surface area contributed by atoms with Gasteiger partial charge in [-0.1, -0.05) is 6.92 Å². The Bertz CT molecular complexity index is 505. The molecule has 2 bridgehead atoms. The van der Waals surface area contributed by atoms with E-state index in [1.807, 2.05) is 6.92 Å². The van der Waals surface area contributed by atoms with E-state index in [4.69, 9.17) is 0 Å². The van der Waals surface area contributed by atoms with Crippen LogP contribution in [0.5, 0.6) is 0 Å². The van der Waals surface area contributed by atoms with Gasteiger partial charge in [-0.2, -0.15) is 0 Å². The zero-order valence-corrected chi connectivity index (χ0v) is 12.2. The van der Waals surface area contributed by atoms with Gasteiger partial charge in [-0.25, -0.2) is 14.8 Å². The molecule has 2 fully saturated rings. The monoisotopic (exact) mass is 290 g/mol. The first-order chi connectivity index (χ1) is 10.2. The summed E-state index contributed by atoms with van der Waals surface area (Å²) in [5.41, 5.74) is 0.591. The fraction of sp³-hybridized carbons (Fsp3) is 0.667. The number of hydrogen-bond donors (Lipinski definition) is 3. The summed E-state index contributed by atoms with van der Waals surface area (Å²) in [6.45, 7) is 2.14. The van der Waals surface area contributed by atoms with Gasteiger partial charge >= 0.3 is 6.03 Å². The molecule has 0 spiro atoms. The van der Waals surface area contributed by atoms with Crippen molar-refractivity contribution in [3.63, 3.8) is 0 Å². The molecule has 6 nitrogen and oxygen atoms in total. The van der Waals surface area contributed by atoms with E-state index in [-0.39, 0.29) is 24.6 Å². The number of hydrogen-bond acceptors (Lipinski definition) is 4. The lowest BCUT2D eigenvalue weighted by Gasteiger charge is -2.30. The number of amides is 2. The number of rotatable bonds is 4. The van der Waals surface area contributed by atoms with Crippen LogP contribution in [0.4, 0.5) is 10.5 Å². The molecule has 4 atom stereocenters. The van der Waals surface area contributed by atoms with Crippen LogP contribution in [0.2, 0.25) is 0 Å². The average molecular weight is 290 g/mol. The largest absolute Gasteiger partial charge is 0.396 e. The minimum Gasteiger partial charge on any atom is -0.396 e. The second-order valence-corrected chi connectivity index (χ2v) is 6.05. The van der Waals surface area contributed by atoms with Crippen LogP contribution < -0.4 is 10.6 Å². The molecule has 6 heteroatoms. The smallest absolute Gasteiger partial charge is 0.319 e. The molecular weight excluding hydrogens is 268 g/mol. The highest BCUT2D eigenvalue weighted by Crippen LogP contribution is 2.48. The third kappa shape index (κ3) is 2.85. The third-order valence-electron chi connectivity index (χ3n) is 4.88. The minimum absolute atomic E-state index is 0.0876. The summed E-state index contributed by atoms with van der Waals surface area (Å²) >= 11 is 0. The molecule has 3 N–H and O–H groups in total. The number of nitrogens with one attached hydrogen (secondary N) is 2. The first kappa shape index (κ1) is 14.3. The van der Waals surface area contributed by atoms with Gasteiger partial charge in [0.2, 0.25) is 0 Å². The number of carbonyl (C=O) groups is 1. The molecule has 0 saturated heterocycles. The van der Waals surface area contributed by atoms with Crippen molar-refractivity contribution in [2.75, 3.05) is 11.9 Å². The van der Waals surface area contributed by atoms with Gasteiger partial charge in [0.05, 0.1) is 18.1 Å². The molecule has 1 aromatic heterocycles. The first-order valence-corrected chi connectivity index (χ1v) is 7.70. The number of aryl methyl sites for hydroxylation is 1. The molecule has 0 radical (unpaired) electrons. The van der Waals surface area contributed by atoms with Crippen molar-refractivity contribution in [2.24, 2.45) is 17.8 Å². The Balaban J connectivity index is 1.58. The number of carbonyl (C=O) groups excluding carboxylic acids is 1. The predicted molar refractivity (Wildman–Crippen MR) is 78.8 cm³/mol. The highest BCUT2D eigenvalue weighted by atomic mass is 16.3. The Morgan fingerprint density at radius 1 is 1.33 bits per heavy atom. The van der Waals surface area contributed by atoms with Crippen molar-refractivity contribution in [3.05, 3.63) is 18.2 Å². The summed E-state index contributed by atoms with van der Waals surface area (Å²) < 4.78 is 0. The second kappa shape index (κ2) is 5.97. The van der Waals surface area contributed by atoms with Crippen molar-refractivity contribution in [3.8, 4) is 0 Å². The standard InChI is InChI=1S/C15H22N4O2/c1-2-13-16-6-11(7-17-13)18-15(21)19-14-10-4-3-9(5-10)12(14)8-20/h6-7,9-10,12,14,20H,2-5,8H2,1H3,(H2,18,19,21). The lowest BCUT2D eigenvalue weighted by Crippen LogP contribution is -2.46. The van der Waals surface area contributed by atoms with E-state index in [9.17, 15) is 9.90 Å². The van der Waals surface area contributed by atoms with Crippen LogP contribution in [0.3, 0.4) is 0 Å². The van der Waals surface area contributed by atoms with Crippen LogP contribution in [0.15, 0.2) is 12.4 Å². The van der Waals surface area contributed by atoms with Gasteiger partial charge in [-0.3, -0.25) is 0 Å². The topological polar surface area (TPSA) is 87.1 Å². The lowest BCUT2D eigenvalue weighted by molar-refractivity contribution is 0.146. The summed E-state index contributed by atoms with van der Waals surface area (Å²) in [5, 5.41) is 15.3. The van der Waals surface area contributed by atoms with Crippen molar-refractivity contribution < 1.29 is 9.90 Å². The summed E-state index contributed by atoms with van der Waals surface area (Å²) in [6, 6.07) is -0.150. The van der Waals surface area contributed by atoms with E-state index in [1.165, 1.54) is 6.42 Å². The molecule has 4 unspecified atom stereocenters. The first-order valence-electron chi connectivity index (χ1n) is 7.70. The van der Waals surface area contributed by atoms with Crippen molar-refractivity contribution >= 4 is 11.7 Å². The van der Waals surface area contributed by atoms with E-state index in [0.717, 1.165) is 25.1 Å². The number of aromatic nitrogens is 2. The van der Waals surface area contributed by atoms with Crippen LogP contribution >= 0.6 is 0 Å². The molecule has 2 aliphatic carbocycles. The Kier molecular flexibility index (Phi) is 4.05. The third-order valence-corrected chi connectivity index (χ3v) is 4.88. The number of aliphatic hydroxyl groups is 1. The molecule has 3 rings (SSSR count). The van der Waals surface area contributed by atoms with Crippen molar-refractivity contribution in [1.82, 2.24) is 15.3 Å². The quantitative estimate of drug-likeness (QED) is 0.785. The molecule has 21 heavy (non-hydrogen) atoms. The van der Waals surface area contributed by atoms with Gasteiger partial charge in [-0.05, 0) is 31.1 Å². The molecular formula is C15H22N4O2. The Morgan fingerprint density at radius 2 is 2.05 bits per heavy atom. The Morgan fingerprint density at radius 3 is 2.71 bits per heavy atom. The van der Waals surface area contributed by atoms with Gasteiger partial charge in [-0.15, -0.1) is 0 Å². The highest BCUT2D eigenvalue weighted by molar-refractivity contribution is 5.89. The molecule has 0 aromatic carbocycles. The number of urea groups is 1. The lowest BCUT2D eigenvalue weighted by atomic mass is 9.85. The molecule has 2 amide bonds. The van der Waals surface area contributed by atoms with Crippen LogP contribution in [0, 0.1) is 17.8 Å². The van der Waals surface area contributed by atoms with Crippen LogP contribution in [0.25, 0.3) is 0 Å². The fourth-order valence-electron chi connectivity index (χ4n) is 3.82. The van der Waals surface area contributed by atoms with Gasteiger partial charge in [0.25, 0.3) is 0 Å². The fourth-order valence-corrected chi connectivity index (χ4v) is 3.82. The van der Waals surface area contributed by atoms with Crippen LogP contribution in [-0.4, -0.2) is 33.8 Å². The second-order valence-electron chi connectivity index (χ2n) is 6.05. The van der Waals surface area contributed by atoms with Crippen molar-refractivity contribution in [2.45, 2.75) is 38.6 Å². The number of anilines is 1. The zero-order valence-electron chi connectivity index (χ0n) is 12.2. The summed E-state index contributed by atoms with van der Waals surface area (Å²) in [5.74, 6) is 2.04. The van der Waals surface area contributed by atoms with Gasteiger partial charge < -0.3 is 15.7 Å². The van der Waals surface area contributed by atoms with Gasteiger partial charge in [0.1, 0.15) is 5.82 Å². The van der Waals surface area contributed by atoms with Crippen LogP contribution in [0.1, 0.15) is 32.0 Å². The molecule has 2 saturated carbocycles. The van der Waals surface area contributed by atoms with E-state index in [0.29, 0.717) is 17.5 Å². The Hall–Kier alpha value is -1.69. The van der Waals surface area contributed by atoms with E-state index in [2.05, 4.69) is 20.6 Å². The SMILES string of the molecule is CCc1ncc(NC(=O)NC2C3CCC(C3)C2CO)cn1. The highest BCUT2D eigenvalue weighted by Gasteiger charge is 2.47. The van der Waals surface area contributed by atoms with E-state index >= 15 is 0 Å². The molecule has 114 valence electrons. The summed E-state index contributed by atoms with van der Waals surface area (Å²) in [7, 11) is 0. The van der Waals surface area contributed by atoms with E-state index < -0.39 is 0 Å². The van der Waals surface area contributed by atoms with E-state index in [1.54, 1.807) is 12.4 Å². The summed E-state index contributed by atoms with van der Waals surface area (Å²) in [6.07, 6.45) is 7.48. The maximum Gasteiger partial charge on any atom is 0.319 e. The summed E-state index contributed by atoms with van der Waals surface area (Å²) in [4.78, 5) is 20.4. The number of aliphatic hydroxyl groups excluding tert-OH is 1. The van der Waals surface area contributed by atoms with Gasteiger partial charge in [0, 0.05) is 25.0 Å². The average Bonchev–Trinajstić information content (AvgIpc) is 3.09. The normalized spacial score (nSPS) is 30.4. The minimum atomic E-state index is -0.237. The molecule has 0 aliphatic heterocycles. The predicted octanol–water partition coefficient (Wildman–Crippen LogP) is 1.57. The zero-order chi connectivity index (χ0) is 14.8. The van der Waals surface area contributed by atoms with Gasteiger partial charge in [0.15, 0.2) is 0 Å².